The number of thiophene rings is 1. The number of hydrogen-bond donors (Lipinski definition) is 1. The smallest absolute Gasteiger partial charge is 0.345 e. The van der Waals surface area contributed by atoms with E-state index in [1.54, 1.807) is 11.0 Å². The van der Waals surface area contributed by atoms with Gasteiger partial charge in [0.1, 0.15) is 4.88 Å². The number of para-hydroxylation sites is 1. The Morgan fingerprint density at radius 2 is 1.90 bits per heavy atom. The van der Waals surface area contributed by atoms with Crippen LogP contribution in [0.2, 0.25) is 0 Å². The molecule has 20 heavy (non-hydrogen) atoms. The van der Waals surface area contributed by atoms with Gasteiger partial charge >= 0.3 is 5.97 Å². The topological polar surface area (TPSA) is 57.6 Å². The largest absolute Gasteiger partial charge is 0.477 e. The maximum absolute atomic E-state index is 12.5. The summed E-state index contributed by atoms with van der Waals surface area (Å²) in [6, 6.07) is 10.9. The van der Waals surface area contributed by atoms with E-state index < -0.39 is 5.97 Å². The van der Waals surface area contributed by atoms with E-state index in [9.17, 15) is 9.59 Å². The van der Waals surface area contributed by atoms with Gasteiger partial charge in [-0.15, -0.1) is 11.3 Å². The van der Waals surface area contributed by atoms with Gasteiger partial charge in [-0.1, -0.05) is 25.1 Å². The minimum atomic E-state index is -0.996. The number of carbonyl (C=O) groups excluding carboxylic acids is 1. The van der Waals surface area contributed by atoms with Gasteiger partial charge in [0.25, 0.3) is 5.91 Å². The van der Waals surface area contributed by atoms with E-state index in [4.69, 9.17) is 5.11 Å². The van der Waals surface area contributed by atoms with E-state index >= 15 is 0 Å². The average Bonchev–Trinajstić information content (AvgIpc) is 3.04. The van der Waals surface area contributed by atoms with Crippen LogP contribution in [0.25, 0.3) is 0 Å². The van der Waals surface area contributed by atoms with Crippen LogP contribution < -0.4 is 4.90 Å². The third-order valence-electron chi connectivity index (χ3n) is 3.49. The molecular formula is C15H13NO3S. The molecule has 1 atom stereocenters. The van der Waals surface area contributed by atoms with Crippen molar-refractivity contribution >= 4 is 28.9 Å². The molecule has 0 aliphatic carbocycles. The molecule has 1 aromatic carbocycles. The highest BCUT2D eigenvalue weighted by Gasteiger charge is 2.30. The summed E-state index contributed by atoms with van der Waals surface area (Å²) < 4.78 is 0. The van der Waals surface area contributed by atoms with E-state index in [1.165, 1.54) is 6.07 Å². The number of fused-ring (bicyclic) bond motifs is 1. The molecule has 0 unspecified atom stereocenters. The second-order valence-corrected chi connectivity index (χ2v) is 5.93. The van der Waals surface area contributed by atoms with Gasteiger partial charge in [0.2, 0.25) is 0 Å². The van der Waals surface area contributed by atoms with Crippen LogP contribution >= 0.6 is 11.3 Å². The van der Waals surface area contributed by atoms with Gasteiger partial charge in [0.05, 0.1) is 4.88 Å². The molecule has 1 aromatic heterocycles. The van der Waals surface area contributed by atoms with Crippen LogP contribution in [0.15, 0.2) is 36.4 Å². The van der Waals surface area contributed by atoms with Crippen molar-refractivity contribution in [3.63, 3.8) is 0 Å². The van der Waals surface area contributed by atoms with Crippen molar-refractivity contribution in [3.8, 4) is 0 Å². The van der Waals surface area contributed by atoms with E-state index in [0.717, 1.165) is 22.6 Å². The molecule has 102 valence electrons. The van der Waals surface area contributed by atoms with Crippen molar-refractivity contribution < 1.29 is 14.7 Å². The number of aromatic carboxylic acids is 1. The lowest BCUT2D eigenvalue weighted by atomic mass is 10.0. The van der Waals surface area contributed by atoms with Gasteiger partial charge in [0, 0.05) is 18.2 Å². The fourth-order valence-electron chi connectivity index (χ4n) is 2.51. The minimum absolute atomic E-state index is 0.126. The van der Waals surface area contributed by atoms with Crippen molar-refractivity contribution in [1.29, 1.82) is 0 Å². The third-order valence-corrected chi connectivity index (χ3v) is 4.55. The molecule has 1 aliphatic heterocycles. The predicted molar refractivity (Wildman–Crippen MR) is 77.8 cm³/mol. The molecule has 0 saturated heterocycles. The first kappa shape index (κ1) is 12.9. The summed E-state index contributed by atoms with van der Waals surface area (Å²) in [5.74, 6) is -0.822. The molecule has 0 saturated carbocycles. The standard InChI is InChI=1S/C15H13NO3S/c1-9-8-16(11-5-3-2-4-10(9)11)14(17)12-6-7-13(20-12)15(18)19/h2-7,9H,8H2,1H3,(H,18,19)/t9-/m0/s1. The normalized spacial score (nSPS) is 17.1. The summed E-state index contributed by atoms with van der Waals surface area (Å²) in [4.78, 5) is 25.8. The Bertz CT molecular complexity index is 692. The highest BCUT2D eigenvalue weighted by atomic mass is 32.1. The zero-order chi connectivity index (χ0) is 14.3. The van der Waals surface area contributed by atoms with Crippen LogP contribution in [0.5, 0.6) is 0 Å². The molecule has 1 aliphatic rings. The second kappa shape index (κ2) is 4.76. The van der Waals surface area contributed by atoms with Crippen molar-refractivity contribution in [2.75, 3.05) is 11.4 Å². The first-order chi connectivity index (χ1) is 9.58. The number of anilines is 1. The summed E-state index contributed by atoms with van der Waals surface area (Å²) in [7, 11) is 0. The quantitative estimate of drug-likeness (QED) is 0.922. The molecule has 0 radical (unpaired) electrons. The SMILES string of the molecule is C[C@H]1CN(C(=O)c2ccc(C(=O)O)s2)c2ccccc21. The number of carboxylic acids is 1. The molecule has 2 heterocycles. The number of nitrogens with zero attached hydrogens (tertiary/aromatic N) is 1. The molecule has 0 fully saturated rings. The summed E-state index contributed by atoms with van der Waals surface area (Å²) in [6.45, 7) is 2.72. The Morgan fingerprint density at radius 1 is 1.20 bits per heavy atom. The van der Waals surface area contributed by atoms with Gasteiger partial charge in [0.15, 0.2) is 0 Å². The molecule has 3 rings (SSSR count). The van der Waals surface area contributed by atoms with E-state index in [-0.39, 0.29) is 10.8 Å². The highest BCUT2D eigenvalue weighted by Crippen LogP contribution is 2.37. The molecule has 4 nitrogen and oxygen atoms in total. The van der Waals surface area contributed by atoms with Crippen LogP contribution in [-0.4, -0.2) is 23.5 Å². The van der Waals surface area contributed by atoms with Gasteiger partial charge in [-0.2, -0.15) is 0 Å². The molecular weight excluding hydrogens is 274 g/mol. The number of carbonyl (C=O) groups is 2. The van der Waals surface area contributed by atoms with E-state index in [0.29, 0.717) is 17.3 Å². The number of rotatable bonds is 2. The summed E-state index contributed by atoms with van der Waals surface area (Å²) in [6.07, 6.45) is 0. The monoisotopic (exact) mass is 287 g/mol. The molecule has 2 aromatic rings. The number of amides is 1. The molecule has 1 N–H and O–H groups in total. The Labute approximate surface area is 120 Å². The molecule has 0 bridgehead atoms. The lowest BCUT2D eigenvalue weighted by Gasteiger charge is -2.16. The minimum Gasteiger partial charge on any atom is -0.477 e. The van der Waals surface area contributed by atoms with Crippen LogP contribution in [0, 0.1) is 0 Å². The van der Waals surface area contributed by atoms with E-state index in [2.05, 4.69) is 6.92 Å². The maximum atomic E-state index is 12.5. The van der Waals surface area contributed by atoms with Crippen LogP contribution in [0.4, 0.5) is 5.69 Å². The summed E-state index contributed by atoms with van der Waals surface area (Å²) in [5.41, 5.74) is 2.09. The second-order valence-electron chi connectivity index (χ2n) is 4.84. The first-order valence-electron chi connectivity index (χ1n) is 6.32. The summed E-state index contributed by atoms with van der Waals surface area (Å²) >= 11 is 1.02. The zero-order valence-electron chi connectivity index (χ0n) is 10.9. The Hall–Kier alpha value is -2.14. The third kappa shape index (κ3) is 2.00. The molecule has 5 heteroatoms. The molecule has 0 spiro atoms. The highest BCUT2D eigenvalue weighted by molar-refractivity contribution is 7.16. The van der Waals surface area contributed by atoms with Gasteiger partial charge in [-0.05, 0) is 23.8 Å². The van der Waals surface area contributed by atoms with Gasteiger partial charge in [-0.25, -0.2) is 4.79 Å². The van der Waals surface area contributed by atoms with Crippen molar-refractivity contribution in [1.82, 2.24) is 0 Å². The summed E-state index contributed by atoms with van der Waals surface area (Å²) in [5, 5.41) is 8.93. The van der Waals surface area contributed by atoms with Crippen LogP contribution in [-0.2, 0) is 0 Å². The van der Waals surface area contributed by atoms with Crippen LogP contribution in [0.1, 0.15) is 37.7 Å². The van der Waals surface area contributed by atoms with Gasteiger partial charge < -0.3 is 10.0 Å². The Kier molecular flexibility index (Phi) is 3.06. The lowest BCUT2D eigenvalue weighted by molar-refractivity contribution is 0.0702. The first-order valence-corrected chi connectivity index (χ1v) is 7.13. The predicted octanol–water partition coefficient (Wildman–Crippen LogP) is 3.21. The van der Waals surface area contributed by atoms with Crippen molar-refractivity contribution in [2.24, 2.45) is 0 Å². The Morgan fingerprint density at radius 3 is 2.60 bits per heavy atom. The number of carboxylic acid groups (broad SMARTS) is 1. The number of hydrogen-bond acceptors (Lipinski definition) is 3. The zero-order valence-corrected chi connectivity index (χ0v) is 11.7. The molecule has 1 amide bonds. The fourth-order valence-corrected chi connectivity index (χ4v) is 3.31. The Balaban J connectivity index is 1.94. The maximum Gasteiger partial charge on any atom is 0.345 e. The van der Waals surface area contributed by atoms with Crippen molar-refractivity contribution in [2.45, 2.75) is 12.8 Å². The van der Waals surface area contributed by atoms with Crippen molar-refractivity contribution in [3.05, 3.63) is 51.7 Å². The van der Waals surface area contributed by atoms with E-state index in [1.807, 2.05) is 24.3 Å². The average molecular weight is 287 g/mol. The van der Waals surface area contributed by atoms with Gasteiger partial charge in [-0.3, -0.25) is 4.79 Å². The lowest BCUT2D eigenvalue weighted by Crippen LogP contribution is -2.28. The fraction of sp³-hybridized carbons (Fsp3) is 0.200. The number of benzene rings is 1. The van der Waals surface area contributed by atoms with Crippen LogP contribution in [0.3, 0.4) is 0 Å².